The van der Waals surface area contributed by atoms with Gasteiger partial charge in [-0.1, -0.05) is 13.8 Å². The molecule has 0 fully saturated rings. The first kappa shape index (κ1) is 16.8. The van der Waals surface area contributed by atoms with Crippen molar-refractivity contribution in [2.45, 2.75) is 23.9 Å². The van der Waals surface area contributed by atoms with Gasteiger partial charge < -0.3 is 0 Å². The lowest BCUT2D eigenvalue weighted by Crippen LogP contribution is -1.88. The van der Waals surface area contributed by atoms with Crippen LogP contribution in [0.1, 0.15) is 13.8 Å². The summed E-state index contributed by atoms with van der Waals surface area (Å²) < 4.78 is 30.0. The fourth-order valence-corrected chi connectivity index (χ4v) is 4.14. The Kier molecular flexibility index (Phi) is 5.06. The molecule has 0 saturated carbocycles. The lowest BCUT2D eigenvalue weighted by molar-refractivity contribution is 0.616. The Morgan fingerprint density at radius 1 is 0.750 bits per heavy atom. The topological polar surface area (TPSA) is 34.6 Å². The average molecular weight is 364 g/mol. The van der Waals surface area contributed by atoms with Crippen molar-refractivity contribution < 1.29 is 8.78 Å². The Labute approximate surface area is 145 Å². The Hall–Kier alpha value is -2.06. The van der Waals surface area contributed by atoms with Crippen LogP contribution in [-0.4, -0.2) is 18.8 Å². The first-order chi connectivity index (χ1) is 11.7. The molecule has 4 rings (SSSR count). The fraction of sp³-hybridized carbons (Fsp3) is 0.125. The maximum Gasteiger partial charge on any atom is 0.139 e. The van der Waals surface area contributed by atoms with E-state index in [1.54, 1.807) is 33.3 Å². The second-order valence-corrected chi connectivity index (χ2v) is 6.68. The SMILES string of the molecule is CC.Fc1ccc2ncc(SSc3cnc4ccc(F)cn34)n2c1. The van der Waals surface area contributed by atoms with Crippen molar-refractivity contribution in [3.63, 3.8) is 0 Å². The van der Waals surface area contributed by atoms with Crippen LogP contribution in [0.25, 0.3) is 11.3 Å². The summed E-state index contributed by atoms with van der Waals surface area (Å²) in [5.74, 6) is -0.650. The number of fused-ring (bicyclic) bond motifs is 2. The zero-order valence-electron chi connectivity index (χ0n) is 13.0. The summed E-state index contributed by atoms with van der Waals surface area (Å²) in [6.45, 7) is 4.00. The lowest BCUT2D eigenvalue weighted by atomic mass is 10.5. The van der Waals surface area contributed by atoms with E-state index in [-0.39, 0.29) is 11.6 Å². The van der Waals surface area contributed by atoms with Crippen LogP contribution in [0.2, 0.25) is 0 Å². The molecule has 0 aromatic carbocycles. The number of imidazole rings is 2. The molecular weight excluding hydrogens is 350 g/mol. The van der Waals surface area contributed by atoms with Crippen LogP contribution in [0, 0.1) is 11.6 Å². The quantitative estimate of drug-likeness (QED) is 0.475. The number of pyridine rings is 2. The smallest absolute Gasteiger partial charge is 0.139 e. The number of halogens is 2. The van der Waals surface area contributed by atoms with Gasteiger partial charge in [0.1, 0.15) is 33.0 Å². The molecule has 0 unspecified atom stereocenters. The van der Waals surface area contributed by atoms with E-state index in [1.165, 1.54) is 46.1 Å². The Bertz CT molecular complexity index is 901. The molecule has 8 heteroatoms. The van der Waals surface area contributed by atoms with Gasteiger partial charge in [0.25, 0.3) is 0 Å². The first-order valence-electron chi connectivity index (χ1n) is 7.30. The van der Waals surface area contributed by atoms with Crippen molar-refractivity contribution in [1.82, 2.24) is 18.8 Å². The number of hydrogen-bond acceptors (Lipinski definition) is 4. The normalized spacial score (nSPS) is 10.8. The summed E-state index contributed by atoms with van der Waals surface area (Å²) in [5.41, 5.74) is 1.35. The van der Waals surface area contributed by atoms with Crippen molar-refractivity contribution in [3.05, 3.63) is 60.7 Å². The molecule has 4 aromatic rings. The van der Waals surface area contributed by atoms with Crippen LogP contribution in [0.4, 0.5) is 8.78 Å². The number of rotatable bonds is 3. The zero-order chi connectivity index (χ0) is 17.1. The highest BCUT2D eigenvalue weighted by atomic mass is 33.1. The molecule has 0 bridgehead atoms. The van der Waals surface area contributed by atoms with Crippen molar-refractivity contribution in [2.75, 3.05) is 0 Å². The molecule has 0 aliphatic carbocycles. The average Bonchev–Trinajstić information content (AvgIpc) is 3.18. The fourth-order valence-electron chi connectivity index (χ4n) is 2.07. The van der Waals surface area contributed by atoms with E-state index < -0.39 is 0 Å². The maximum atomic E-state index is 13.3. The van der Waals surface area contributed by atoms with Crippen molar-refractivity contribution >= 4 is 32.9 Å². The maximum absolute atomic E-state index is 13.3. The standard InChI is InChI=1S/C14H8F2N4S2.C2H6/c15-9-1-3-11-17-5-13(19(11)7-9)21-22-14-6-18-12-4-2-10(16)8-20(12)14;1-2/h1-8H;1-2H3. The minimum absolute atomic E-state index is 0.325. The summed E-state index contributed by atoms with van der Waals surface area (Å²) in [4.78, 5) is 8.43. The molecule has 0 spiro atoms. The van der Waals surface area contributed by atoms with Crippen LogP contribution >= 0.6 is 21.6 Å². The minimum atomic E-state index is -0.325. The van der Waals surface area contributed by atoms with E-state index in [9.17, 15) is 8.78 Å². The Morgan fingerprint density at radius 2 is 1.17 bits per heavy atom. The van der Waals surface area contributed by atoms with E-state index in [2.05, 4.69) is 9.97 Å². The summed E-state index contributed by atoms with van der Waals surface area (Å²) in [5, 5.41) is 1.57. The second kappa shape index (κ2) is 7.23. The van der Waals surface area contributed by atoms with Gasteiger partial charge in [-0.25, -0.2) is 18.7 Å². The molecule has 124 valence electrons. The number of aromatic nitrogens is 4. The van der Waals surface area contributed by atoms with Crippen molar-refractivity contribution in [3.8, 4) is 0 Å². The number of hydrogen-bond donors (Lipinski definition) is 0. The third-order valence-corrected chi connectivity index (χ3v) is 5.39. The lowest BCUT2D eigenvalue weighted by Gasteiger charge is -2.02. The van der Waals surface area contributed by atoms with Gasteiger partial charge >= 0.3 is 0 Å². The van der Waals surface area contributed by atoms with Gasteiger partial charge in [0.15, 0.2) is 0 Å². The Morgan fingerprint density at radius 3 is 1.58 bits per heavy atom. The first-order valence-corrected chi connectivity index (χ1v) is 9.45. The minimum Gasteiger partial charge on any atom is -0.291 e. The zero-order valence-corrected chi connectivity index (χ0v) is 14.6. The van der Waals surface area contributed by atoms with Crippen LogP contribution in [-0.2, 0) is 0 Å². The molecular formula is C16H14F2N4S2. The predicted octanol–water partition coefficient (Wildman–Crippen LogP) is 5.09. The van der Waals surface area contributed by atoms with Gasteiger partial charge in [-0.2, -0.15) is 0 Å². The van der Waals surface area contributed by atoms with Gasteiger partial charge in [-0.05, 0) is 45.9 Å². The molecule has 0 atom stereocenters. The van der Waals surface area contributed by atoms with Crippen molar-refractivity contribution in [1.29, 1.82) is 0 Å². The van der Waals surface area contributed by atoms with E-state index in [4.69, 9.17) is 0 Å². The summed E-state index contributed by atoms with van der Waals surface area (Å²) >= 11 is 0. The largest absolute Gasteiger partial charge is 0.291 e. The molecule has 4 heterocycles. The van der Waals surface area contributed by atoms with E-state index in [1.807, 2.05) is 13.8 Å². The van der Waals surface area contributed by atoms with Crippen LogP contribution in [0.3, 0.4) is 0 Å². The second-order valence-electron chi connectivity index (χ2n) is 4.51. The van der Waals surface area contributed by atoms with Crippen LogP contribution in [0.15, 0.2) is 59.1 Å². The third kappa shape index (κ3) is 3.25. The van der Waals surface area contributed by atoms with E-state index in [0.29, 0.717) is 11.3 Å². The molecule has 4 aromatic heterocycles. The van der Waals surface area contributed by atoms with Gasteiger partial charge in [0.05, 0.1) is 12.4 Å². The molecule has 0 aliphatic rings. The highest BCUT2D eigenvalue weighted by Gasteiger charge is 2.09. The summed E-state index contributed by atoms with van der Waals surface area (Å²) in [6.07, 6.45) is 6.13. The molecule has 0 radical (unpaired) electrons. The highest BCUT2D eigenvalue weighted by Crippen LogP contribution is 2.37. The summed E-state index contributed by atoms with van der Waals surface area (Å²) in [6, 6.07) is 5.98. The van der Waals surface area contributed by atoms with Crippen LogP contribution < -0.4 is 0 Å². The highest BCUT2D eigenvalue weighted by molar-refractivity contribution is 8.76. The Balaban J connectivity index is 0.000000815. The molecule has 4 nitrogen and oxygen atoms in total. The van der Waals surface area contributed by atoms with Crippen LogP contribution in [0.5, 0.6) is 0 Å². The van der Waals surface area contributed by atoms with E-state index in [0.717, 1.165) is 10.1 Å². The molecule has 0 aliphatic heterocycles. The third-order valence-electron chi connectivity index (χ3n) is 3.08. The van der Waals surface area contributed by atoms with E-state index >= 15 is 0 Å². The number of nitrogens with zero attached hydrogens (tertiary/aromatic N) is 4. The molecule has 0 N–H and O–H groups in total. The van der Waals surface area contributed by atoms with Crippen molar-refractivity contribution in [2.24, 2.45) is 0 Å². The molecule has 24 heavy (non-hydrogen) atoms. The van der Waals surface area contributed by atoms with Gasteiger partial charge in [0.2, 0.25) is 0 Å². The van der Waals surface area contributed by atoms with Gasteiger partial charge in [-0.15, -0.1) is 0 Å². The monoisotopic (exact) mass is 364 g/mol. The van der Waals surface area contributed by atoms with Gasteiger partial charge in [-0.3, -0.25) is 8.80 Å². The molecule has 0 amide bonds. The predicted molar refractivity (Wildman–Crippen MR) is 93.4 cm³/mol. The summed E-state index contributed by atoms with van der Waals surface area (Å²) in [7, 11) is 2.82. The van der Waals surface area contributed by atoms with Gasteiger partial charge in [0, 0.05) is 12.4 Å². The molecule has 0 saturated heterocycles.